The summed E-state index contributed by atoms with van der Waals surface area (Å²) in [6.45, 7) is 2.13. The van der Waals surface area contributed by atoms with E-state index in [0.717, 1.165) is 37.5 Å². The maximum Gasteiger partial charge on any atom is 0.126 e. The highest BCUT2D eigenvalue weighted by atomic mass is 16.5. The van der Waals surface area contributed by atoms with Gasteiger partial charge in [-0.15, -0.1) is 0 Å². The van der Waals surface area contributed by atoms with Crippen molar-refractivity contribution in [3.8, 4) is 5.75 Å². The first-order valence-electron chi connectivity index (χ1n) is 7.42. The molecule has 1 aliphatic rings. The van der Waals surface area contributed by atoms with Gasteiger partial charge in [-0.3, -0.25) is 0 Å². The molecule has 4 nitrogen and oxygen atoms in total. The van der Waals surface area contributed by atoms with Crippen LogP contribution in [0.3, 0.4) is 0 Å². The van der Waals surface area contributed by atoms with Crippen LogP contribution in [0.25, 0.3) is 0 Å². The van der Waals surface area contributed by atoms with Crippen molar-refractivity contribution in [2.24, 2.45) is 0 Å². The Bertz CT molecular complexity index is 548. The third kappa shape index (κ3) is 3.45. The maximum atomic E-state index is 5.20. The minimum absolute atomic E-state index is 0.509. The second-order valence-electron chi connectivity index (χ2n) is 5.32. The summed E-state index contributed by atoms with van der Waals surface area (Å²) in [6, 6.07) is 14.8. The molecule has 0 atom stereocenters. The van der Waals surface area contributed by atoms with Crippen LogP contribution >= 0.6 is 0 Å². The lowest BCUT2D eigenvalue weighted by molar-refractivity contribution is 0.414. The molecule has 2 heterocycles. The van der Waals surface area contributed by atoms with Crippen molar-refractivity contribution in [2.45, 2.75) is 18.9 Å². The molecule has 1 fully saturated rings. The summed E-state index contributed by atoms with van der Waals surface area (Å²) in [6.07, 6.45) is 4.08. The molecule has 3 rings (SSSR count). The van der Waals surface area contributed by atoms with E-state index in [1.165, 1.54) is 5.69 Å². The number of ether oxygens (including phenoxy) is 1. The van der Waals surface area contributed by atoms with E-state index in [-0.39, 0.29) is 0 Å². The molecular weight excluding hydrogens is 262 g/mol. The third-order valence-corrected chi connectivity index (χ3v) is 3.95. The minimum atomic E-state index is 0.509. The van der Waals surface area contributed by atoms with Gasteiger partial charge in [-0.25, -0.2) is 4.98 Å². The second kappa shape index (κ2) is 6.48. The van der Waals surface area contributed by atoms with Gasteiger partial charge in [0.15, 0.2) is 0 Å². The molecule has 0 aliphatic carbocycles. The molecule has 2 aromatic rings. The zero-order valence-corrected chi connectivity index (χ0v) is 12.3. The number of rotatable bonds is 4. The fraction of sp³-hybridized carbons (Fsp3) is 0.353. The molecule has 0 radical (unpaired) electrons. The molecule has 4 heteroatoms. The van der Waals surface area contributed by atoms with Crippen molar-refractivity contribution in [1.82, 2.24) is 4.98 Å². The predicted octanol–water partition coefficient (Wildman–Crippen LogP) is 3.17. The number of nitrogens with zero attached hydrogens (tertiary/aromatic N) is 2. The molecule has 0 unspecified atom stereocenters. The van der Waals surface area contributed by atoms with Crippen molar-refractivity contribution in [3.05, 3.63) is 48.7 Å². The number of aromatic nitrogens is 1. The van der Waals surface area contributed by atoms with Gasteiger partial charge >= 0.3 is 0 Å². The Balaban J connectivity index is 1.54. The second-order valence-corrected chi connectivity index (χ2v) is 5.32. The molecule has 0 bridgehead atoms. The summed E-state index contributed by atoms with van der Waals surface area (Å²) in [7, 11) is 1.70. The van der Waals surface area contributed by atoms with Crippen molar-refractivity contribution in [3.63, 3.8) is 0 Å². The minimum Gasteiger partial charge on any atom is -0.497 e. The Morgan fingerprint density at radius 3 is 2.48 bits per heavy atom. The van der Waals surface area contributed by atoms with Crippen molar-refractivity contribution >= 4 is 11.5 Å². The molecule has 0 saturated carbocycles. The Morgan fingerprint density at radius 2 is 1.86 bits per heavy atom. The number of pyridine rings is 1. The van der Waals surface area contributed by atoms with E-state index >= 15 is 0 Å². The van der Waals surface area contributed by atoms with E-state index in [9.17, 15) is 0 Å². The quantitative estimate of drug-likeness (QED) is 0.935. The number of hydrogen-bond donors (Lipinski definition) is 1. The lowest BCUT2D eigenvalue weighted by Gasteiger charge is -2.34. The summed E-state index contributed by atoms with van der Waals surface area (Å²) in [5, 5.41) is 3.51. The smallest absolute Gasteiger partial charge is 0.126 e. The summed E-state index contributed by atoms with van der Waals surface area (Å²) in [5.41, 5.74) is 1.27. The number of nitrogens with one attached hydrogen (secondary N) is 1. The topological polar surface area (TPSA) is 37.4 Å². The highest BCUT2D eigenvalue weighted by Gasteiger charge is 2.19. The number of piperidine rings is 1. The fourth-order valence-electron chi connectivity index (χ4n) is 2.73. The third-order valence-electron chi connectivity index (χ3n) is 3.95. The van der Waals surface area contributed by atoms with Crippen molar-refractivity contribution in [2.75, 3.05) is 30.4 Å². The van der Waals surface area contributed by atoms with Crippen molar-refractivity contribution in [1.29, 1.82) is 0 Å². The first-order valence-corrected chi connectivity index (χ1v) is 7.42. The predicted molar refractivity (Wildman–Crippen MR) is 86.1 cm³/mol. The molecule has 0 amide bonds. The molecule has 21 heavy (non-hydrogen) atoms. The van der Waals surface area contributed by atoms with E-state index < -0.39 is 0 Å². The number of methoxy groups -OCH3 is 1. The summed E-state index contributed by atoms with van der Waals surface area (Å²) >= 11 is 0. The highest BCUT2D eigenvalue weighted by molar-refractivity contribution is 5.49. The lowest BCUT2D eigenvalue weighted by Crippen LogP contribution is -2.39. The Kier molecular flexibility index (Phi) is 4.24. The van der Waals surface area contributed by atoms with E-state index in [1.807, 2.05) is 36.5 Å². The van der Waals surface area contributed by atoms with E-state index in [2.05, 4.69) is 27.3 Å². The van der Waals surface area contributed by atoms with Gasteiger partial charge in [0.1, 0.15) is 11.6 Å². The van der Waals surface area contributed by atoms with Crippen LogP contribution in [0.2, 0.25) is 0 Å². The van der Waals surface area contributed by atoms with Gasteiger partial charge in [0.2, 0.25) is 0 Å². The van der Waals surface area contributed by atoms with Crippen LogP contribution in [-0.2, 0) is 0 Å². The number of hydrogen-bond acceptors (Lipinski definition) is 4. The van der Waals surface area contributed by atoms with Crippen LogP contribution in [0.1, 0.15) is 12.8 Å². The number of anilines is 2. The molecule has 1 aromatic carbocycles. The van der Waals surface area contributed by atoms with E-state index in [0.29, 0.717) is 6.04 Å². The molecule has 1 aliphatic heterocycles. The van der Waals surface area contributed by atoms with Crippen LogP contribution in [-0.4, -0.2) is 31.2 Å². The first kappa shape index (κ1) is 13.7. The van der Waals surface area contributed by atoms with Crippen molar-refractivity contribution < 1.29 is 4.74 Å². The van der Waals surface area contributed by atoms with Gasteiger partial charge in [-0.2, -0.15) is 0 Å². The Morgan fingerprint density at radius 1 is 1.10 bits per heavy atom. The number of benzene rings is 1. The van der Waals surface area contributed by atoms with Crippen LogP contribution in [0.5, 0.6) is 5.75 Å². The van der Waals surface area contributed by atoms with Gasteiger partial charge < -0.3 is 15.0 Å². The molecule has 0 spiro atoms. The van der Waals surface area contributed by atoms with Gasteiger partial charge in [-0.05, 0) is 49.2 Å². The van der Waals surface area contributed by atoms with E-state index in [1.54, 1.807) is 7.11 Å². The molecule has 1 aromatic heterocycles. The van der Waals surface area contributed by atoms with Gasteiger partial charge in [0.05, 0.1) is 7.11 Å². The molecule has 110 valence electrons. The summed E-state index contributed by atoms with van der Waals surface area (Å²) < 4.78 is 5.20. The zero-order valence-electron chi connectivity index (χ0n) is 12.3. The average molecular weight is 283 g/mol. The standard InChI is InChI=1S/C17H21N3O/c1-21-16-7-5-15(6-8-16)20-12-9-14(10-13-20)19-17-4-2-3-11-18-17/h2-8,11,14H,9-10,12-13H2,1H3,(H,18,19). The van der Waals surface area contributed by atoms with Crippen LogP contribution in [0.15, 0.2) is 48.7 Å². The normalized spacial score (nSPS) is 15.8. The van der Waals surface area contributed by atoms with Gasteiger partial charge in [-0.1, -0.05) is 6.07 Å². The molecule has 1 saturated heterocycles. The average Bonchev–Trinajstić information content (AvgIpc) is 2.57. The van der Waals surface area contributed by atoms with Crippen LogP contribution < -0.4 is 15.0 Å². The SMILES string of the molecule is COc1ccc(N2CCC(Nc3ccccn3)CC2)cc1. The molecule has 1 N–H and O–H groups in total. The first-order chi connectivity index (χ1) is 10.3. The summed E-state index contributed by atoms with van der Waals surface area (Å²) in [4.78, 5) is 6.76. The highest BCUT2D eigenvalue weighted by Crippen LogP contribution is 2.23. The summed E-state index contributed by atoms with van der Waals surface area (Å²) in [5.74, 6) is 1.88. The van der Waals surface area contributed by atoms with Crippen LogP contribution in [0.4, 0.5) is 11.5 Å². The van der Waals surface area contributed by atoms with Gasteiger partial charge in [0.25, 0.3) is 0 Å². The lowest BCUT2D eigenvalue weighted by atomic mass is 10.0. The van der Waals surface area contributed by atoms with Gasteiger partial charge in [0, 0.05) is 31.0 Å². The maximum absolute atomic E-state index is 5.20. The molecular formula is C17H21N3O. The fourth-order valence-corrected chi connectivity index (χ4v) is 2.73. The Hall–Kier alpha value is -2.23. The van der Waals surface area contributed by atoms with E-state index in [4.69, 9.17) is 4.74 Å². The van der Waals surface area contributed by atoms with Crippen LogP contribution in [0, 0.1) is 0 Å². The Labute approximate surface area is 125 Å². The zero-order chi connectivity index (χ0) is 14.5. The monoisotopic (exact) mass is 283 g/mol. The largest absolute Gasteiger partial charge is 0.497 e.